The van der Waals surface area contributed by atoms with Crippen molar-refractivity contribution < 1.29 is 9.85 Å². The first-order chi connectivity index (χ1) is 7.97. The third kappa shape index (κ3) is 3.13. The third-order valence-electron chi connectivity index (χ3n) is 2.31. The summed E-state index contributed by atoms with van der Waals surface area (Å²) in [6.45, 7) is 1.97. The van der Waals surface area contributed by atoms with Gasteiger partial charge in [-0.05, 0) is 18.4 Å². The summed E-state index contributed by atoms with van der Waals surface area (Å²) in [4.78, 5) is 20.0. The van der Waals surface area contributed by atoms with E-state index in [1.807, 2.05) is 6.92 Å². The summed E-state index contributed by atoms with van der Waals surface area (Å²) < 4.78 is 0. The lowest BCUT2D eigenvalue weighted by Gasteiger charge is -2.02. The standard InChI is InChI=1S/C10H11ClN2O4/c1-2-3-4-7-5-8(12(14)15)10(11)9(6-7)13(16)17/h5-6H,2-4H2,1H3. The van der Waals surface area contributed by atoms with E-state index >= 15 is 0 Å². The molecule has 1 rings (SSSR count). The van der Waals surface area contributed by atoms with Gasteiger partial charge in [0.05, 0.1) is 9.85 Å². The summed E-state index contributed by atoms with van der Waals surface area (Å²) >= 11 is 5.62. The number of hydrogen-bond donors (Lipinski definition) is 0. The van der Waals surface area contributed by atoms with E-state index in [1.54, 1.807) is 0 Å². The van der Waals surface area contributed by atoms with Crippen LogP contribution in [0.2, 0.25) is 5.02 Å². The minimum atomic E-state index is -0.704. The number of halogens is 1. The molecule has 1 aromatic carbocycles. The molecule has 1 aromatic rings. The molecule has 0 aliphatic heterocycles. The van der Waals surface area contributed by atoms with Crippen molar-refractivity contribution in [2.75, 3.05) is 0 Å². The molecule has 0 radical (unpaired) electrons. The average molecular weight is 259 g/mol. The van der Waals surface area contributed by atoms with Crippen LogP contribution in [-0.2, 0) is 6.42 Å². The van der Waals surface area contributed by atoms with Crippen LogP contribution in [-0.4, -0.2) is 9.85 Å². The van der Waals surface area contributed by atoms with Gasteiger partial charge in [0.2, 0.25) is 0 Å². The Kier molecular flexibility index (Phi) is 4.39. The van der Waals surface area contributed by atoms with Gasteiger partial charge in [-0.2, -0.15) is 0 Å². The molecule has 0 saturated carbocycles. The van der Waals surface area contributed by atoms with E-state index in [-0.39, 0.29) is 0 Å². The fourth-order valence-electron chi connectivity index (χ4n) is 1.44. The van der Waals surface area contributed by atoms with E-state index in [0.29, 0.717) is 12.0 Å². The predicted octanol–water partition coefficient (Wildman–Crippen LogP) is 3.50. The van der Waals surface area contributed by atoms with Crippen LogP contribution in [0.25, 0.3) is 0 Å². The number of unbranched alkanes of at least 4 members (excludes halogenated alkanes) is 1. The van der Waals surface area contributed by atoms with E-state index in [4.69, 9.17) is 11.6 Å². The summed E-state index contributed by atoms with van der Waals surface area (Å²) in [5.74, 6) is 0. The van der Waals surface area contributed by atoms with Gasteiger partial charge < -0.3 is 0 Å². The number of rotatable bonds is 5. The van der Waals surface area contributed by atoms with E-state index in [0.717, 1.165) is 12.8 Å². The number of aryl methyl sites for hydroxylation is 1. The van der Waals surface area contributed by atoms with Gasteiger partial charge in [-0.15, -0.1) is 0 Å². The van der Waals surface area contributed by atoms with Crippen molar-refractivity contribution in [3.05, 3.63) is 42.9 Å². The number of nitro groups is 2. The Hall–Kier alpha value is -1.69. The number of benzene rings is 1. The van der Waals surface area contributed by atoms with Crippen molar-refractivity contribution in [2.24, 2.45) is 0 Å². The highest BCUT2D eigenvalue weighted by Gasteiger charge is 2.24. The zero-order valence-electron chi connectivity index (χ0n) is 9.18. The fraction of sp³-hybridized carbons (Fsp3) is 0.400. The van der Waals surface area contributed by atoms with Gasteiger partial charge in [-0.3, -0.25) is 20.2 Å². The van der Waals surface area contributed by atoms with Crippen LogP contribution >= 0.6 is 11.6 Å². The lowest BCUT2D eigenvalue weighted by atomic mass is 10.1. The van der Waals surface area contributed by atoms with Gasteiger partial charge >= 0.3 is 0 Å². The quantitative estimate of drug-likeness (QED) is 0.597. The van der Waals surface area contributed by atoms with Crippen LogP contribution in [0.4, 0.5) is 11.4 Å². The molecule has 0 aliphatic carbocycles. The minimum absolute atomic E-state index is 0.410. The van der Waals surface area contributed by atoms with Gasteiger partial charge in [0.15, 0.2) is 5.02 Å². The zero-order valence-corrected chi connectivity index (χ0v) is 9.94. The molecule has 6 nitrogen and oxygen atoms in total. The fourth-order valence-corrected chi connectivity index (χ4v) is 1.69. The van der Waals surface area contributed by atoms with Crippen LogP contribution in [0.15, 0.2) is 12.1 Å². The second-order valence-corrected chi connectivity index (χ2v) is 3.94. The highest BCUT2D eigenvalue weighted by Crippen LogP contribution is 2.35. The monoisotopic (exact) mass is 258 g/mol. The molecule has 0 atom stereocenters. The van der Waals surface area contributed by atoms with Crippen molar-refractivity contribution >= 4 is 23.0 Å². The lowest BCUT2D eigenvalue weighted by Crippen LogP contribution is -1.97. The Bertz CT molecular complexity index is 427. The molecule has 0 aliphatic rings. The Morgan fingerprint density at radius 2 is 1.65 bits per heavy atom. The average Bonchev–Trinajstić information content (AvgIpc) is 2.26. The van der Waals surface area contributed by atoms with E-state index in [2.05, 4.69) is 0 Å². The molecule has 17 heavy (non-hydrogen) atoms. The predicted molar refractivity (Wildman–Crippen MR) is 63.4 cm³/mol. The molecule has 0 spiro atoms. The van der Waals surface area contributed by atoms with Gasteiger partial charge in [0.1, 0.15) is 0 Å². The smallest absolute Gasteiger partial charge is 0.258 e. The minimum Gasteiger partial charge on any atom is -0.258 e. The summed E-state index contributed by atoms with van der Waals surface area (Å²) in [5, 5.41) is 21.0. The molecule has 0 saturated heterocycles. The Labute approximate surface area is 103 Å². The second-order valence-electron chi connectivity index (χ2n) is 3.57. The Morgan fingerprint density at radius 1 is 1.18 bits per heavy atom. The van der Waals surface area contributed by atoms with Crippen LogP contribution in [0.5, 0.6) is 0 Å². The molecule has 0 fully saturated rings. The zero-order chi connectivity index (χ0) is 13.0. The van der Waals surface area contributed by atoms with Gasteiger partial charge in [0.25, 0.3) is 11.4 Å². The molecule has 0 amide bonds. The summed E-state index contributed by atoms with van der Waals surface area (Å²) in [6.07, 6.45) is 2.29. The normalized spacial score (nSPS) is 10.2. The van der Waals surface area contributed by atoms with Crippen molar-refractivity contribution in [1.82, 2.24) is 0 Å². The maximum Gasteiger partial charge on any atom is 0.295 e. The molecule has 7 heteroatoms. The van der Waals surface area contributed by atoms with E-state index < -0.39 is 26.2 Å². The maximum absolute atomic E-state index is 10.7. The maximum atomic E-state index is 10.7. The largest absolute Gasteiger partial charge is 0.295 e. The van der Waals surface area contributed by atoms with Gasteiger partial charge in [-0.1, -0.05) is 24.9 Å². The molecular formula is C10H11ClN2O4. The number of nitrogens with zero attached hydrogens (tertiary/aromatic N) is 2. The lowest BCUT2D eigenvalue weighted by molar-refractivity contribution is -0.394. The molecular weight excluding hydrogens is 248 g/mol. The number of hydrogen-bond acceptors (Lipinski definition) is 4. The highest BCUT2D eigenvalue weighted by atomic mass is 35.5. The van der Waals surface area contributed by atoms with Crippen LogP contribution in [0.1, 0.15) is 25.3 Å². The van der Waals surface area contributed by atoms with Crippen LogP contribution in [0, 0.1) is 20.2 Å². The summed E-state index contributed by atoms with van der Waals surface area (Å²) in [7, 11) is 0. The van der Waals surface area contributed by atoms with E-state index in [9.17, 15) is 20.2 Å². The first kappa shape index (κ1) is 13.4. The topological polar surface area (TPSA) is 86.3 Å². The van der Waals surface area contributed by atoms with E-state index in [1.165, 1.54) is 12.1 Å². The third-order valence-corrected chi connectivity index (χ3v) is 2.69. The molecule has 0 N–H and O–H groups in total. The molecule has 92 valence electrons. The second kappa shape index (κ2) is 5.58. The van der Waals surface area contributed by atoms with Gasteiger partial charge in [-0.25, -0.2) is 0 Å². The first-order valence-electron chi connectivity index (χ1n) is 5.08. The van der Waals surface area contributed by atoms with Crippen LogP contribution < -0.4 is 0 Å². The van der Waals surface area contributed by atoms with Crippen molar-refractivity contribution in [3.63, 3.8) is 0 Å². The van der Waals surface area contributed by atoms with Crippen molar-refractivity contribution in [3.8, 4) is 0 Å². The summed E-state index contributed by atoms with van der Waals surface area (Å²) in [6, 6.07) is 2.59. The molecule has 0 aromatic heterocycles. The van der Waals surface area contributed by atoms with Gasteiger partial charge in [0, 0.05) is 12.1 Å². The number of nitro benzene ring substituents is 2. The first-order valence-corrected chi connectivity index (χ1v) is 5.46. The molecule has 0 heterocycles. The Balaban J connectivity index is 3.26. The summed E-state index contributed by atoms with van der Waals surface area (Å²) in [5.41, 5.74) is -0.256. The highest BCUT2D eigenvalue weighted by molar-refractivity contribution is 6.34. The van der Waals surface area contributed by atoms with Crippen molar-refractivity contribution in [1.29, 1.82) is 0 Å². The van der Waals surface area contributed by atoms with Crippen LogP contribution in [0.3, 0.4) is 0 Å². The molecule has 0 bridgehead atoms. The Morgan fingerprint density at radius 3 is 2.00 bits per heavy atom. The SMILES string of the molecule is CCCCc1cc([N+](=O)[O-])c(Cl)c([N+](=O)[O-])c1. The molecule has 0 unspecified atom stereocenters. The van der Waals surface area contributed by atoms with Crippen molar-refractivity contribution in [2.45, 2.75) is 26.2 Å².